The molecule has 10 nitrogen and oxygen atoms in total. The summed E-state index contributed by atoms with van der Waals surface area (Å²) < 4.78 is 29.1. The third kappa shape index (κ3) is 10.2. The van der Waals surface area contributed by atoms with Crippen molar-refractivity contribution in [3.8, 4) is 23.0 Å². The first-order valence-electron chi connectivity index (χ1n) is 18.2. The van der Waals surface area contributed by atoms with Crippen LogP contribution in [0.4, 0.5) is 0 Å². The molecule has 6 rings (SSSR count). The highest BCUT2D eigenvalue weighted by molar-refractivity contribution is 6.37. The lowest BCUT2D eigenvalue weighted by atomic mass is 9.80. The normalized spacial score (nSPS) is 16.7. The Kier molecular flexibility index (Phi) is 13.6. The van der Waals surface area contributed by atoms with Crippen LogP contribution in [0.2, 0.25) is 10.0 Å². The van der Waals surface area contributed by atoms with Crippen molar-refractivity contribution in [1.29, 1.82) is 0 Å². The van der Waals surface area contributed by atoms with Gasteiger partial charge in [0.25, 0.3) is 0 Å². The quantitative estimate of drug-likeness (QED) is 0.0972. The number of ether oxygens (including phenoxy) is 5. The van der Waals surface area contributed by atoms with Crippen LogP contribution < -0.4 is 24.3 Å². The molecule has 2 atom stereocenters. The van der Waals surface area contributed by atoms with E-state index in [9.17, 15) is 14.7 Å². The molecule has 0 bridgehead atoms. The second kappa shape index (κ2) is 18.7. The maximum absolute atomic E-state index is 14.4. The molecular formula is C42H46Cl2N2O8. The molecule has 0 spiro atoms. The van der Waals surface area contributed by atoms with Crippen LogP contribution in [-0.2, 0) is 22.7 Å². The van der Waals surface area contributed by atoms with Crippen LogP contribution in [0.1, 0.15) is 57.8 Å². The molecule has 0 aromatic heterocycles. The number of halogens is 2. The van der Waals surface area contributed by atoms with Crippen LogP contribution in [0.25, 0.3) is 0 Å². The zero-order chi connectivity index (χ0) is 38.0. The molecule has 0 unspecified atom stereocenters. The number of piperidine rings is 1. The molecule has 54 heavy (non-hydrogen) atoms. The fourth-order valence-electron chi connectivity index (χ4n) is 6.77. The molecule has 1 saturated carbocycles. The lowest BCUT2D eigenvalue weighted by Gasteiger charge is -2.36. The number of carboxylic acid groups (broad SMARTS) is 1. The number of carboxylic acids is 1. The number of methoxy groups -OCH3 is 1. The van der Waals surface area contributed by atoms with Crippen LogP contribution in [0.15, 0.2) is 78.9 Å². The monoisotopic (exact) mass is 776 g/mol. The van der Waals surface area contributed by atoms with Crippen LogP contribution in [0, 0.1) is 12.8 Å². The summed E-state index contributed by atoms with van der Waals surface area (Å²) >= 11 is 12.6. The molecule has 4 aromatic carbocycles. The number of nitrogens with one attached hydrogen (secondary N) is 1. The fourth-order valence-corrected chi connectivity index (χ4v) is 7.47. The van der Waals surface area contributed by atoms with E-state index in [1.165, 1.54) is 0 Å². The number of aryl methyl sites for hydroxylation is 1. The van der Waals surface area contributed by atoms with Gasteiger partial charge in [-0.05, 0) is 97.8 Å². The van der Waals surface area contributed by atoms with E-state index in [4.69, 9.17) is 46.9 Å². The predicted molar refractivity (Wildman–Crippen MR) is 207 cm³/mol. The van der Waals surface area contributed by atoms with E-state index < -0.39 is 5.97 Å². The van der Waals surface area contributed by atoms with Crippen LogP contribution in [0.5, 0.6) is 23.0 Å². The standard InChI is InChI=1S/C42H46Cl2N2O8/c1-27-21-36(43)40(37(44)22-27)53-20-19-51-32-12-8-29(9-13-32)33-15-16-45-24-35(33)41(47)46(31-10-11-31)25-28-7-14-38(39(23-28)52-18-17-50-2)54-26-30-5-3-4-6-34(30)42(48)49/h3-9,12-14,21-23,31,33,35,45H,10-11,15-20,24-26H2,1-2H3,(H,48,49)/t33-,35+/m1/s1. The average molecular weight is 778 g/mol. The molecule has 1 aliphatic carbocycles. The Morgan fingerprint density at radius 2 is 1.56 bits per heavy atom. The average Bonchev–Trinajstić information content (AvgIpc) is 4.02. The molecule has 0 radical (unpaired) electrons. The number of carbonyl (C=O) groups is 2. The van der Waals surface area contributed by atoms with Gasteiger partial charge in [0.2, 0.25) is 5.91 Å². The van der Waals surface area contributed by atoms with Gasteiger partial charge < -0.3 is 39.0 Å². The minimum absolute atomic E-state index is 0.0561. The molecule has 12 heteroatoms. The molecule has 4 aromatic rings. The van der Waals surface area contributed by atoms with Crippen molar-refractivity contribution in [3.05, 3.63) is 117 Å². The molecule has 2 fully saturated rings. The van der Waals surface area contributed by atoms with Gasteiger partial charge in [-0.25, -0.2) is 4.79 Å². The molecular weight excluding hydrogens is 731 g/mol. The summed E-state index contributed by atoms with van der Waals surface area (Å²) in [5, 5.41) is 14.0. The topological polar surface area (TPSA) is 116 Å². The van der Waals surface area contributed by atoms with Gasteiger partial charge in [0.15, 0.2) is 17.2 Å². The van der Waals surface area contributed by atoms with Gasteiger partial charge in [-0.3, -0.25) is 4.79 Å². The van der Waals surface area contributed by atoms with Crippen molar-refractivity contribution in [2.45, 2.75) is 51.3 Å². The fraction of sp³-hybridized carbons (Fsp3) is 0.381. The van der Waals surface area contributed by atoms with Crippen molar-refractivity contribution in [1.82, 2.24) is 10.2 Å². The van der Waals surface area contributed by atoms with Gasteiger partial charge in [0.1, 0.15) is 32.2 Å². The molecule has 1 heterocycles. The summed E-state index contributed by atoms with van der Waals surface area (Å²) in [5.74, 6) is 1.10. The summed E-state index contributed by atoms with van der Waals surface area (Å²) in [6.45, 7) is 5.13. The first kappa shape index (κ1) is 39.2. The number of rotatable bonds is 18. The van der Waals surface area contributed by atoms with E-state index >= 15 is 0 Å². The van der Waals surface area contributed by atoms with Gasteiger partial charge in [-0.2, -0.15) is 0 Å². The Bertz CT molecular complexity index is 1880. The third-order valence-corrected chi connectivity index (χ3v) is 10.2. The summed E-state index contributed by atoms with van der Waals surface area (Å²) in [5.41, 5.74) is 3.72. The number of nitrogens with zero attached hydrogens (tertiary/aromatic N) is 1. The second-order valence-corrected chi connectivity index (χ2v) is 14.4. The molecule has 1 amide bonds. The number of carbonyl (C=O) groups excluding carboxylic acids is 1. The number of hydrogen-bond acceptors (Lipinski definition) is 8. The van der Waals surface area contributed by atoms with E-state index in [2.05, 4.69) is 17.4 Å². The Balaban J connectivity index is 1.11. The molecule has 286 valence electrons. The highest BCUT2D eigenvalue weighted by Crippen LogP contribution is 2.38. The zero-order valence-electron chi connectivity index (χ0n) is 30.5. The summed E-state index contributed by atoms with van der Waals surface area (Å²) in [4.78, 5) is 28.2. The maximum Gasteiger partial charge on any atom is 0.336 e. The summed E-state index contributed by atoms with van der Waals surface area (Å²) in [6, 6.07) is 24.2. The predicted octanol–water partition coefficient (Wildman–Crippen LogP) is 7.95. The smallest absolute Gasteiger partial charge is 0.336 e. The van der Waals surface area contributed by atoms with Gasteiger partial charge in [0, 0.05) is 31.8 Å². The third-order valence-electron chi connectivity index (χ3n) is 9.66. The van der Waals surface area contributed by atoms with Crippen molar-refractivity contribution < 1.29 is 38.4 Å². The van der Waals surface area contributed by atoms with E-state index in [1.807, 2.05) is 54.3 Å². The van der Waals surface area contributed by atoms with Gasteiger partial charge in [0.05, 0.1) is 28.1 Å². The number of amides is 1. The van der Waals surface area contributed by atoms with E-state index in [0.717, 1.165) is 42.5 Å². The van der Waals surface area contributed by atoms with Gasteiger partial charge >= 0.3 is 5.97 Å². The lowest BCUT2D eigenvalue weighted by Crippen LogP contribution is -2.47. The Morgan fingerprint density at radius 3 is 2.28 bits per heavy atom. The van der Waals surface area contributed by atoms with Crippen LogP contribution >= 0.6 is 23.2 Å². The Hall–Kier alpha value is -4.48. The lowest BCUT2D eigenvalue weighted by molar-refractivity contribution is -0.138. The first-order valence-corrected chi connectivity index (χ1v) is 19.0. The second-order valence-electron chi connectivity index (χ2n) is 13.6. The van der Waals surface area contributed by atoms with E-state index in [0.29, 0.717) is 71.5 Å². The molecule has 1 aliphatic heterocycles. The highest BCUT2D eigenvalue weighted by Gasteiger charge is 2.40. The SMILES string of the molecule is COCCOc1cc(CN(C(=O)[C@H]2CNCC[C@@H]2c2ccc(OCCOc3c(Cl)cc(C)cc3Cl)cc2)C2CC2)ccc1OCc1ccccc1C(=O)O. The Morgan fingerprint density at radius 1 is 0.833 bits per heavy atom. The minimum atomic E-state index is -1.01. The van der Waals surface area contributed by atoms with E-state index in [1.54, 1.807) is 31.4 Å². The van der Waals surface area contributed by atoms with E-state index in [-0.39, 0.29) is 42.6 Å². The number of aromatic carboxylic acids is 1. The summed E-state index contributed by atoms with van der Waals surface area (Å²) in [6.07, 6.45) is 2.78. The first-order chi connectivity index (χ1) is 26.2. The number of hydrogen-bond donors (Lipinski definition) is 2. The zero-order valence-corrected chi connectivity index (χ0v) is 32.0. The number of benzene rings is 4. The largest absolute Gasteiger partial charge is 0.490 e. The maximum atomic E-state index is 14.4. The van der Waals surface area contributed by atoms with Crippen molar-refractivity contribution >= 4 is 35.1 Å². The van der Waals surface area contributed by atoms with Gasteiger partial charge in [-0.1, -0.05) is 59.6 Å². The molecule has 2 aliphatic rings. The van der Waals surface area contributed by atoms with Crippen molar-refractivity contribution in [2.24, 2.45) is 5.92 Å². The summed E-state index contributed by atoms with van der Waals surface area (Å²) in [7, 11) is 1.60. The highest BCUT2D eigenvalue weighted by atomic mass is 35.5. The van der Waals surface area contributed by atoms with Crippen molar-refractivity contribution in [3.63, 3.8) is 0 Å². The van der Waals surface area contributed by atoms with Gasteiger partial charge in [-0.15, -0.1) is 0 Å². The Labute approximate surface area is 326 Å². The molecule has 1 saturated heterocycles. The minimum Gasteiger partial charge on any atom is -0.490 e. The molecule has 2 N–H and O–H groups in total. The van der Waals surface area contributed by atoms with Crippen LogP contribution in [-0.4, -0.2) is 74.6 Å². The van der Waals surface area contributed by atoms with Crippen molar-refractivity contribution in [2.75, 3.05) is 46.6 Å². The van der Waals surface area contributed by atoms with Crippen LogP contribution in [0.3, 0.4) is 0 Å².